The van der Waals surface area contributed by atoms with Gasteiger partial charge in [-0.2, -0.15) is 5.26 Å². The van der Waals surface area contributed by atoms with E-state index in [4.69, 9.17) is 44.8 Å². The molecule has 0 spiro atoms. The number of carbonyl (C=O) groups excluding carboxylic acids is 1. The predicted molar refractivity (Wildman–Crippen MR) is 78.7 cm³/mol. The molecule has 1 aromatic carbocycles. The van der Waals surface area contributed by atoms with Crippen molar-refractivity contribution in [3.05, 3.63) is 39.2 Å². The summed E-state index contributed by atoms with van der Waals surface area (Å²) in [5, 5.41) is 13.4. The molecule has 1 rings (SSSR count). The van der Waals surface area contributed by atoms with Crippen LogP contribution in [0.15, 0.2) is 27.8 Å². The number of nitrogens with one attached hydrogen (secondary N) is 2. The van der Waals surface area contributed by atoms with Crippen LogP contribution in [0.1, 0.15) is 5.56 Å². The SMILES string of the molecule is N#Cc1c(F)cccc1NCCOC(=O)NC(Cl)=C(Cl)Cl. The van der Waals surface area contributed by atoms with E-state index in [1.165, 1.54) is 18.2 Å². The van der Waals surface area contributed by atoms with Crippen LogP contribution in [0.2, 0.25) is 0 Å². The van der Waals surface area contributed by atoms with Crippen molar-refractivity contribution in [2.24, 2.45) is 0 Å². The third kappa shape index (κ3) is 5.68. The van der Waals surface area contributed by atoms with Gasteiger partial charge in [0.25, 0.3) is 0 Å². The Balaban J connectivity index is 2.42. The van der Waals surface area contributed by atoms with Gasteiger partial charge in [-0.3, -0.25) is 5.32 Å². The van der Waals surface area contributed by atoms with Gasteiger partial charge in [0.2, 0.25) is 0 Å². The number of benzene rings is 1. The van der Waals surface area contributed by atoms with E-state index in [0.717, 1.165) is 0 Å². The van der Waals surface area contributed by atoms with Gasteiger partial charge in [-0.05, 0) is 12.1 Å². The van der Waals surface area contributed by atoms with E-state index in [0.29, 0.717) is 5.69 Å². The van der Waals surface area contributed by atoms with Gasteiger partial charge in [-0.15, -0.1) is 0 Å². The van der Waals surface area contributed by atoms with Crippen molar-refractivity contribution < 1.29 is 13.9 Å². The third-order valence-electron chi connectivity index (χ3n) is 2.15. The average Bonchev–Trinajstić information content (AvgIpc) is 2.43. The highest BCUT2D eigenvalue weighted by Gasteiger charge is 2.08. The lowest BCUT2D eigenvalue weighted by Gasteiger charge is -2.09. The first-order valence-corrected chi connectivity index (χ1v) is 6.66. The first-order chi connectivity index (χ1) is 9.95. The maximum absolute atomic E-state index is 13.3. The summed E-state index contributed by atoms with van der Waals surface area (Å²) in [6, 6.07) is 5.91. The molecular weight excluding hydrogens is 344 g/mol. The number of anilines is 1. The summed E-state index contributed by atoms with van der Waals surface area (Å²) in [6.45, 7) is 0.124. The summed E-state index contributed by atoms with van der Waals surface area (Å²) in [6.07, 6.45) is -0.847. The van der Waals surface area contributed by atoms with E-state index in [2.05, 4.69) is 10.6 Å². The Morgan fingerprint density at radius 1 is 1.38 bits per heavy atom. The molecule has 0 fully saturated rings. The van der Waals surface area contributed by atoms with Crippen molar-refractivity contribution in [3.8, 4) is 6.07 Å². The molecule has 9 heteroatoms. The van der Waals surface area contributed by atoms with E-state index in [-0.39, 0.29) is 28.4 Å². The molecule has 0 aliphatic heterocycles. The number of carbonyl (C=O) groups is 1. The zero-order chi connectivity index (χ0) is 15.8. The predicted octanol–water partition coefficient (Wildman–Crippen LogP) is 3.68. The Morgan fingerprint density at radius 3 is 2.71 bits per heavy atom. The van der Waals surface area contributed by atoms with Crippen molar-refractivity contribution in [1.29, 1.82) is 5.26 Å². The molecular formula is C12H9Cl3FN3O2. The summed E-state index contributed by atoms with van der Waals surface area (Å²) in [4.78, 5) is 11.2. The van der Waals surface area contributed by atoms with Crippen molar-refractivity contribution in [2.75, 3.05) is 18.5 Å². The molecule has 0 aliphatic rings. The van der Waals surface area contributed by atoms with Crippen molar-refractivity contribution in [2.45, 2.75) is 0 Å². The summed E-state index contributed by atoms with van der Waals surface area (Å²) in [7, 11) is 0. The highest BCUT2D eigenvalue weighted by Crippen LogP contribution is 2.17. The minimum Gasteiger partial charge on any atom is -0.447 e. The molecule has 0 atom stereocenters. The van der Waals surface area contributed by atoms with Gasteiger partial charge in [0.15, 0.2) is 0 Å². The summed E-state index contributed by atoms with van der Waals surface area (Å²) < 4.78 is 17.8. The van der Waals surface area contributed by atoms with E-state index in [9.17, 15) is 9.18 Å². The van der Waals surface area contributed by atoms with E-state index in [1.54, 1.807) is 6.07 Å². The lowest BCUT2D eigenvalue weighted by atomic mass is 10.2. The first kappa shape index (κ1) is 17.4. The summed E-state index contributed by atoms with van der Waals surface area (Å²) in [5.74, 6) is -0.630. The number of ether oxygens (including phenoxy) is 1. The van der Waals surface area contributed by atoms with Gasteiger partial charge in [-0.25, -0.2) is 9.18 Å². The number of hydrogen-bond donors (Lipinski definition) is 2. The topological polar surface area (TPSA) is 74.1 Å². The second-order valence-electron chi connectivity index (χ2n) is 3.54. The van der Waals surface area contributed by atoms with Gasteiger partial charge in [0, 0.05) is 6.54 Å². The van der Waals surface area contributed by atoms with E-state index in [1.807, 2.05) is 0 Å². The van der Waals surface area contributed by atoms with Crippen LogP contribution in [0.5, 0.6) is 0 Å². The highest BCUT2D eigenvalue weighted by molar-refractivity contribution is 6.59. The second kappa shape index (κ2) is 8.57. The molecule has 0 radical (unpaired) electrons. The smallest absolute Gasteiger partial charge is 0.412 e. The summed E-state index contributed by atoms with van der Waals surface area (Å²) in [5.41, 5.74) is 0.199. The minimum absolute atomic E-state index is 0.0444. The fourth-order valence-electron chi connectivity index (χ4n) is 1.29. The number of nitrogens with zero attached hydrogens (tertiary/aromatic N) is 1. The fraction of sp³-hybridized carbons (Fsp3) is 0.167. The molecule has 0 saturated carbocycles. The molecule has 0 unspecified atom stereocenters. The largest absolute Gasteiger partial charge is 0.447 e. The Kier molecular flexibility index (Phi) is 7.09. The Labute approximate surface area is 135 Å². The average molecular weight is 353 g/mol. The molecule has 1 aromatic rings. The van der Waals surface area contributed by atoms with Gasteiger partial charge in [0.05, 0.1) is 5.69 Å². The van der Waals surface area contributed by atoms with Crippen LogP contribution in [0, 0.1) is 17.1 Å². The standard InChI is InChI=1S/C12H9Cl3FN3O2/c13-10(14)11(15)19-12(20)21-5-4-18-9-3-1-2-8(16)7(9)6-17/h1-3,18H,4-5H2,(H,19,20). The second-order valence-corrected chi connectivity index (χ2v) is 4.86. The van der Waals surface area contributed by atoms with Crippen LogP contribution in [-0.2, 0) is 4.74 Å². The maximum atomic E-state index is 13.3. The Hall–Kier alpha value is -1.68. The number of halogens is 4. The Morgan fingerprint density at radius 2 is 2.10 bits per heavy atom. The van der Waals surface area contributed by atoms with Gasteiger partial charge in [-0.1, -0.05) is 40.9 Å². The van der Waals surface area contributed by atoms with Gasteiger partial charge < -0.3 is 10.1 Å². The molecule has 5 nitrogen and oxygen atoms in total. The molecule has 0 bridgehead atoms. The molecule has 0 aliphatic carbocycles. The van der Waals surface area contributed by atoms with Crippen LogP contribution in [0.4, 0.5) is 14.9 Å². The fourth-order valence-corrected chi connectivity index (χ4v) is 1.46. The molecule has 21 heavy (non-hydrogen) atoms. The van der Waals surface area contributed by atoms with Crippen LogP contribution in [0.25, 0.3) is 0 Å². The van der Waals surface area contributed by atoms with E-state index >= 15 is 0 Å². The number of hydrogen-bond acceptors (Lipinski definition) is 4. The number of alkyl carbamates (subject to hydrolysis) is 1. The maximum Gasteiger partial charge on any atom is 0.412 e. The lowest BCUT2D eigenvalue weighted by molar-refractivity contribution is 0.154. The highest BCUT2D eigenvalue weighted by atomic mass is 35.5. The molecule has 0 saturated heterocycles. The van der Waals surface area contributed by atoms with Crippen LogP contribution < -0.4 is 10.6 Å². The van der Waals surface area contributed by atoms with Crippen molar-refractivity contribution >= 4 is 46.6 Å². The molecule has 1 amide bonds. The van der Waals surface area contributed by atoms with Crippen LogP contribution in [-0.4, -0.2) is 19.2 Å². The van der Waals surface area contributed by atoms with Gasteiger partial charge >= 0.3 is 6.09 Å². The molecule has 0 aromatic heterocycles. The third-order valence-corrected chi connectivity index (χ3v) is 3.01. The minimum atomic E-state index is -0.847. The Bertz CT molecular complexity index is 598. The summed E-state index contributed by atoms with van der Waals surface area (Å²) >= 11 is 16.1. The number of rotatable bonds is 5. The lowest BCUT2D eigenvalue weighted by Crippen LogP contribution is -2.24. The molecule has 0 heterocycles. The molecule has 2 N–H and O–H groups in total. The van der Waals surface area contributed by atoms with Crippen LogP contribution >= 0.6 is 34.8 Å². The van der Waals surface area contributed by atoms with Crippen molar-refractivity contribution in [1.82, 2.24) is 5.32 Å². The van der Waals surface area contributed by atoms with Crippen molar-refractivity contribution in [3.63, 3.8) is 0 Å². The van der Waals surface area contributed by atoms with Gasteiger partial charge in [0.1, 0.15) is 33.7 Å². The van der Waals surface area contributed by atoms with Crippen LogP contribution in [0.3, 0.4) is 0 Å². The zero-order valence-corrected chi connectivity index (χ0v) is 12.7. The number of nitriles is 1. The normalized spacial score (nSPS) is 9.48. The molecule has 112 valence electrons. The number of amides is 1. The monoisotopic (exact) mass is 351 g/mol. The first-order valence-electron chi connectivity index (χ1n) is 5.52. The quantitative estimate of drug-likeness (QED) is 0.626. The van der Waals surface area contributed by atoms with E-state index < -0.39 is 11.9 Å². The zero-order valence-electron chi connectivity index (χ0n) is 10.4.